The van der Waals surface area contributed by atoms with Gasteiger partial charge in [0.25, 0.3) is 0 Å². The molecule has 2 nitrogen and oxygen atoms in total. The van der Waals surface area contributed by atoms with E-state index in [9.17, 15) is 5.11 Å². The average Bonchev–Trinajstić information content (AvgIpc) is 2.60. The third-order valence-corrected chi connectivity index (χ3v) is 2.50. The molecule has 0 radical (unpaired) electrons. The Hall–Kier alpha value is -0.0800. The van der Waals surface area contributed by atoms with Crippen molar-refractivity contribution >= 4 is 0 Å². The summed E-state index contributed by atoms with van der Waals surface area (Å²) in [6.07, 6.45) is 3.47. The molecule has 1 saturated heterocycles. The fraction of sp³-hybridized carbons (Fsp3) is 1.00. The van der Waals surface area contributed by atoms with E-state index in [-0.39, 0.29) is 5.60 Å². The summed E-state index contributed by atoms with van der Waals surface area (Å²) in [4.78, 5) is 0. The first-order valence-corrected chi connectivity index (χ1v) is 3.74. The standard InChI is InChI=1S/C7H13NO/c9-7(6-1-2-6)3-4-8-5-7/h6,8-9H,1-5H2. The third-order valence-electron chi connectivity index (χ3n) is 2.50. The molecule has 2 rings (SSSR count). The van der Waals surface area contributed by atoms with Crippen molar-refractivity contribution < 1.29 is 5.11 Å². The van der Waals surface area contributed by atoms with Gasteiger partial charge in [0.15, 0.2) is 0 Å². The van der Waals surface area contributed by atoms with Crippen LogP contribution in [0.25, 0.3) is 0 Å². The van der Waals surface area contributed by atoms with Crippen molar-refractivity contribution in [3.05, 3.63) is 0 Å². The second kappa shape index (κ2) is 1.70. The first kappa shape index (κ1) is 5.69. The van der Waals surface area contributed by atoms with Crippen molar-refractivity contribution in [2.24, 2.45) is 5.92 Å². The molecule has 0 aromatic heterocycles. The van der Waals surface area contributed by atoms with Crippen LogP contribution in [0.5, 0.6) is 0 Å². The second-order valence-electron chi connectivity index (χ2n) is 3.30. The molecular formula is C7H13NO. The quantitative estimate of drug-likeness (QED) is 0.524. The van der Waals surface area contributed by atoms with E-state index in [1.54, 1.807) is 0 Å². The van der Waals surface area contributed by atoms with Gasteiger partial charge in [-0.05, 0) is 31.7 Å². The maximum atomic E-state index is 9.77. The minimum Gasteiger partial charge on any atom is -0.388 e. The molecule has 9 heavy (non-hydrogen) atoms. The van der Waals surface area contributed by atoms with Crippen molar-refractivity contribution in [2.75, 3.05) is 13.1 Å². The monoisotopic (exact) mass is 127 g/mol. The van der Waals surface area contributed by atoms with Gasteiger partial charge >= 0.3 is 0 Å². The Morgan fingerprint density at radius 3 is 2.67 bits per heavy atom. The van der Waals surface area contributed by atoms with Gasteiger partial charge in [-0.1, -0.05) is 0 Å². The molecule has 0 bridgehead atoms. The van der Waals surface area contributed by atoms with Crippen LogP contribution in [0.2, 0.25) is 0 Å². The number of β-amino-alcohol motifs (C(OH)–C–C–N with tert-alkyl or cyclic N) is 1. The maximum Gasteiger partial charge on any atom is 0.0811 e. The largest absolute Gasteiger partial charge is 0.388 e. The summed E-state index contributed by atoms with van der Waals surface area (Å²) in [5.41, 5.74) is -0.306. The minimum atomic E-state index is -0.306. The van der Waals surface area contributed by atoms with Gasteiger partial charge in [-0.2, -0.15) is 0 Å². The van der Waals surface area contributed by atoms with E-state index in [0.717, 1.165) is 19.5 Å². The first-order chi connectivity index (χ1) is 4.31. The van der Waals surface area contributed by atoms with Crippen molar-refractivity contribution in [2.45, 2.75) is 24.9 Å². The van der Waals surface area contributed by atoms with E-state index in [1.807, 2.05) is 0 Å². The Morgan fingerprint density at radius 2 is 2.22 bits per heavy atom. The van der Waals surface area contributed by atoms with Gasteiger partial charge in [0.2, 0.25) is 0 Å². The molecule has 0 spiro atoms. The van der Waals surface area contributed by atoms with Gasteiger partial charge in [0.05, 0.1) is 5.60 Å². The van der Waals surface area contributed by atoms with Crippen LogP contribution < -0.4 is 5.32 Å². The molecule has 0 amide bonds. The smallest absolute Gasteiger partial charge is 0.0811 e. The molecule has 1 atom stereocenters. The summed E-state index contributed by atoms with van der Waals surface area (Å²) < 4.78 is 0. The summed E-state index contributed by atoms with van der Waals surface area (Å²) in [5.74, 6) is 0.632. The molecule has 1 heterocycles. The minimum absolute atomic E-state index is 0.306. The summed E-state index contributed by atoms with van der Waals surface area (Å²) >= 11 is 0. The molecule has 2 fully saturated rings. The van der Waals surface area contributed by atoms with Crippen LogP contribution in [-0.2, 0) is 0 Å². The highest BCUT2D eigenvalue weighted by Crippen LogP contribution is 2.42. The van der Waals surface area contributed by atoms with Gasteiger partial charge < -0.3 is 10.4 Å². The van der Waals surface area contributed by atoms with E-state index in [2.05, 4.69) is 5.32 Å². The number of hydrogen-bond acceptors (Lipinski definition) is 2. The van der Waals surface area contributed by atoms with Crippen molar-refractivity contribution in [3.63, 3.8) is 0 Å². The lowest BCUT2D eigenvalue weighted by atomic mass is 9.97. The van der Waals surface area contributed by atoms with Crippen LogP contribution in [0.15, 0.2) is 0 Å². The zero-order valence-electron chi connectivity index (χ0n) is 5.56. The lowest BCUT2D eigenvalue weighted by Gasteiger charge is -2.19. The van der Waals surface area contributed by atoms with Gasteiger partial charge in [-0.3, -0.25) is 0 Å². The van der Waals surface area contributed by atoms with Crippen LogP contribution in [0, 0.1) is 5.92 Å². The van der Waals surface area contributed by atoms with Gasteiger partial charge in [-0.25, -0.2) is 0 Å². The fourth-order valence-electron chi connectivity index (χ4n) is 1.67. The maximum absolute atomic E-state index is 9.77. The van der Waals surface area contributed by atoms with Crippen LogP contribution in [0.4, 0.5) is 0 Å². The first-order valence-electron chi connectivity index (χ1n) is 3.74. The molecule has 1 aliphatic carbocycles. The predicted molar refractivity (Wildman–Crippen MR) is 35.2 cm³/mol. The van der Waals surface area contributed by atoms with E-state index in [4.69, 9.17) is 0 Å². The molecule has 0 aromatic rings. The molecule has 1 unspecified atom stereocenters. The van der Waals surface area contributed by atoms with E-state index < -0.39 is 0 Å². The number of hydrogen-bond donors (Lipinski definition) is 2. The van der Waals surface area contributed by atoms with Crippen molar-refractivity contribution in [1.82, 2.24) is 5.32 Å². The Bertz CT molecular complexity index is 114. The van der Waals surface area contributed by atoms with Gasteiger partial charge in [0, 0.05) is 6.54 Å². The van der Waals surface area contributed by atoms with Crippen LogP contribution in [0.3, 0.4) is 0 Å². The summed E-state index contributed by atoms with van der Waals surface area (Å²) in [6.45, 7) is 1.84. The molecule has 2 aliphatic rings. The molecule has 2 heteroatoms. The Balaban J connectivity index is 2.02. The van der Waals surface area contributed by atoms with Crippen LogP contribution in [-0.4, -0.2) is 23.8 Å². The van der Waals surface area contributed by atoms with Gasteiger partial charge in [-0.15, -0.1) is 0 Å². The molecule has 1 saturated carbocycles. The van der Waals surface area contributed by atoms with Crippen molar-refractivity contribution in [3.8, 4) is 0 Å². The Kier molecular flexibility index (Phi) is 1.08. The van der Waals surface area contributed by atoms with Crippen LogP contribution >= 0.6 is 0 Å². The zero-order chi connectivity index (χ0) is 6.32. The highest BCUT2D eigenvalue weighted by Gasteiger charge is 2.45. The lowest BCUT2D eigenvalue weighted by Crippen LogP contribution is -2.33. The van der Waals surface area contributed by atoms with Gasteiger partial charge in [0.1, 0.15) is 0 Å². The van der Waals surface area contributed by atoms with E-state index in [1.165, 1.54) is 12.8 Å². The zero-order valence-corrected chi connectivity index (χ0v) is 5.56. The van der Waals surface area contributed by atoms with Crippen LogP contribution in [0.1, 0.15) is 19.3 Å². The highest BCUT2D eigenvalue weighted by atomic mass is 16.3. The fourth-order valence-corrected chi connectivity index (χ4v) is 1.67. The molecule has 1 aliphatic heterocycles. The lowest BCUT2D eigenvalue weighted by molar-refractivity contribution is 0.0383. The molecule has 2 N–H and O–H groups in total. The highest BCUT2D eigenvalue weighted by molar-refractivity contribution is 4.99. The Morgan fingerprint density at radius 1 is 1.44 bits per heavy atom. The van der Waals surface area contributed by atoms with E-state index in [0.29, 0.717) is 5.92 Å². The van der Waals surface area contributed by atoms with Crippen molar-refractivity contribution in [1.29, 1.82) is 0 Å². The molecule has 0 aromatic carbocycles. The summed E-state index contributed by atoms with van der Waals surface area (Å²) in [7, 11) is 0. The number of rotatable bonds is 1. The topological polar surface area (TPSA) is 32.3 Å². The average molecular weight is 127 g/mol. The normalized spacial score (nSPS) is 43.7. The third kappa shape index (κ3) is 0.864. The second-order valence-corrected chi connectivity index (χ2v) is 3.30. The molecule has 52 valence electrons. The SMILES string of the molecule is OC1(C2CC2)CCNC1. The Labute approximate surface area is 55.3 Å². The van der Waals surface area contributed by atoms with E-state index >= 15 is 0 Å². The predicted octanol–water partition coefficient (Wildman–Crippen LogP) is 0.121. The number of aliphatic hydroxyl groups is 1. The summed E-state index contributed by atoms with van der Waals surface area (Å²) in [5, 5.41) is 13.0. The number of nitrogens with one attached hydrogen (secondary N) is 1. The summed E-state index contributed by atoms with van der Waals surface area (Å²) in [6, 6.07) is 0. The molecular weight excluding hydrogens is 114 g/mol.